The van der Waals surface area contributed by atoms with Gasteiger partial charge in [0.05, 0.1) is 6.33 Å². The Labute approximate surface area is 171 Å². The standard InChI is InChI=1S/C22H18FN5O2/c23-17-7-4-15(5-8-17)22-26-21(27-30-22)19-11-28(13-24-19)12-20(29)25-18-9-6-14-2-1-3-16(14)10-18/h4-11,13H,1-3,12H2,(H,25,29). The zero-order valence-corrected chi connectivity index (χ0v) is 16.0. The number of nitrogens with zero attached hydrogens (tertiary/aromatic N) is 4. The average molecular weight is 403 g/mol. The second-order valence-corrected chi connectivity index (χ2v) is 7.25. The predicted octanol–water partition coefficient (Wildman–Crippen LogP) is 3.87. The van der Waals surface area contributed by atoms with Gasteiger partial charge in [-0.15, -0.1) is 0 Å². The molecule has 4 aromatic rings. The van der Waals surface area contributed by atoms with Crippen molar-refractivity contribution in [2.24, 2.45) is 0 Å². The zero-order chi connectivity index (χ0) is 20.5. The van der Waals surface area contributed by atoms with Gasteiger partial charge in [0.2, 0.25) is 11.7 Å². The maximum absolute atomic E-state index is 13.1. The lowest BCUT2D eigenvalue weighted by molar-refractivity contribution is -0.116. The summed E-state index contributed by atoms with van der Waals surface area (Å²) in [5.74, 6) is 0.0911. The maximum Gasteiger partial charge on any atom is 0.258 e. The molecule has 0 atom stereocenters. The smallest absolute Gasteiger partial charge is 0.258 e. The summed E-state index contributed by atoms with van der Waals surface area (Å²) in [7, 11) is 0. The first-order valence-corrected chi connectivity index (χ1v) is 9.67. The molecule has 0 saturated heterocycles. The third-order valence-electron chi connectivity index (χ3n) is 5.09. The molecule has 1 amide bonds. The van der Waals surface area contributed by atoms with Crippen LogP contribution in [0.5, 0.6) is 0 Å². The van der Waals surface area contributed by atoms with Gasteiger partial charge in [0.1, 0.15) is 18.1 Å². The van der Waals surface area contributed by atoms with Crippen LogP contribution in [0.25, 0.3) is 23.0 Å². The van der Waals surface area contributed by atoms with Crippen molar-refractivity contribution in [1.82, 2.24) is 19.7 Å². The highest BCUT2D eigenvalue weighted by atomic mass is 19.1. The van der Waals surface area contributed by atoms with E-state index in [1.807, 2.05) is 6.07 Å². The van der Waals surface area contributed by atoms with E-state index in [1.54, 1.807) is 29.2 Å². The molecule has 0 aliphatic heterocycles. The van der Waals surface area contributed by atoms with E-state index in [0.717, 1.165) is 18.5 Å². The highest BCUT2D eigenvalue weighted by Gasteiger charge is 2.15. The second kappa shape index (κ2) is 7.55. The fourth-order valence-electron chi connectivity index (χ4n) is 3.62. The van der Waals surface area contributed by atoms with E-state index in [4.69, 9.17) is 4.52 Å². The second-order valence-electron chi connectivity index (χ2n) is 7.25. The van der Waals surface area contributed by atoms with Gasteiger partial charge in [-0.3, -0.25) is 4.79 Å². The van der Waals surface area contributed by atoms with Gasteiger partial charge in [-0.2, -0.15) is 4.98 Å². The molecule has 30 heavy (non-hydrogen) atoms. The molecule has 1 aliphatic rings. The van der Waals surface area contributed by atoms with E-state index < -0.39 is 0 Å². The topological polar surface area (TPSA) is 85.8 Å². The minimum Gasteiger partial charge on any atom is -0.334 e. The highest BCUT2D eigenvalue weighted by molar-refractivity contribution is 5.90. The normalized spacial score (nSPS) is 12.7. The van der Waals surface area contributed by atoms with E-state index in [-0.39, 0.29) is 24.2 Å². The molecule has 0 spiro atoms. The van der Waals surface area contributed by atoms with Crippen LogP contribution >= 0.6 is 0 Å². The van der Waals surface area contributed by atoms with Gasteiger partial charge in [0.15, 0.2) is 0 Å². The Bertz CT molecular complexity index is 1210. The molecular weight excluding hydrogens is 385 g/mol. The molecule has 1 aliphatic carbocycles. The Morgan fingerprint density at radius 3 is 2.83 bits per heavy atom. The number of imidazole rings is 1. The molecule has 1 N–H and O–H groups in total. The Morgan fingerprint density at radius 2 is 1.97 bits per heavy atom. The van der Waals surface area contributed by atoms with Crippen LogP contribution in [0.3, 0.4) is 0 Å². The minimum absolute atomic E-state index is 0.118. The van der Waals surface area contributed by atoms with E-state index in [1.165, 1.54) is 29.7 Å². The molecule has 2 aromatic carbocycles. The number of amides is 1. The fourth-order valence-corrected chi connectivity index (χ4v) is 3.62. The number of fused-ring (bicyclic) bond motifs is 1. The van der Waals surface area contributed by atoms with Crippen LogP contribution in [0.1, 0.15) is 17.5 Å². The van der Waals surface area contributed by atoms with Crippen molar-refractivity contribution in [2.45, 2.75) is 25.8 Å². The zero-order valence-electron chi connectivity index (χ0n) is 16.0. The van der Waals surface area contributed by atoms with Crippen LogP contribution in [0.2, 0.25) is 0 Å². The summed E-state index contributed by atoms with van der Waals surface area (Å²) in [5, 5.41) is 6.85. The number of halogens is 1. The molecule has 0 fully saturated rings. The van der Waals surface area contributed by atoms with E-state index >= 15 is 0 Å². The van der Waals surface area contributed by atoms with Crippen molar-refractivity contribution in [3.8, 4) is 23.0 Å². The number of carbonyl (C=O) groups is 1. The summed E-state index contributed by atoms with van der Waals surface area (Å²) in [6.45, 7) is 0.118. The van der Waals surface area contributed by atoms with Gasteiger partial charge in [-0.05, 0) is 66.8 Å². The van der Waals surface area contributed by atoms with E-state index in [2.05, 4.69) is 32.6 Å². The van der Waals surface area contributed by atoms with E-state index in [9.17, 15) is 9.18 Å². The van der Waals surface area contributed by atoms with E-state index in [0.29, 0.717) is 17.1 Å². The lowest BCUT2D eigenvalue weighted by atomic mass is 10.1. The molecule has 0 bridgehead atoms. The number of anilines is 1. The van der Waals surface area contributed by atoms with Crippen LogP contribution < -0.4 is 5.32 Å². The highest BCUT2D eigenvalue weighted by Crippen LogP contribution is 2.25. The third-order valence-corrected chi connectivity index (χ3v) is 5.09. The molecule has 2 aromatic heterocycles. The SMILES string of the molecule is O=C(Cn1cnc(-c2noc(-c3ccc(F)cc3)n2)c1)Nc1ccc2c(c1)CCC2. The number of hydrogen-bond acceptors (Lipinski definition) is 5. The van der Waals surface area contributed by atoms with Crippen molar-refractivity contribution < 1.29 is 13.7 Å². The van der Waals surface area contributed by atoms with Gasteiger partial charge in [-0.25, -0.2) is 9.37 Å². The maximum atomic E-state index is 13.1. The van der Waals surface area contributed by atoms with Gasteiger partial charge in [0.25, 0.3) is 5.89 Å². The largest absolute Gasteiger partial charge is 0.334 e. The number of nitrogens with one attached hydrogen (secondary N) is 1. The number of aryl methyl sites for hydroxylation is 2. The average Bonchev–Trinajstić information content (AvgIpc) is 3.48. The summed E-state index contributed by atoms with van der Waals surface area (Å²) in [4.78, 5) is 21.0. The van der Waals surface area contributed by atoms with Crippen LogP contribution in [0.15, 0.2) is 59.5 Å². The molecule has 8 heteroatoms. The van der Waals surface area contributed by atoms with Gasteiger partial charge in [0, 0.05) is 17.4 Å². The summed E-state index contributed by atoms with van der Waals surface area (Å²) < 4.78 is 20.0. The summed E-state index contributed by atoms with van der Waals surface area (Å²) in [6, 6.07) is 11.9. The van der Waals surface area contributed by atoms with Crippen LogP contribution in [0.4, 0.5) is 10.1 Å². The Kier molecular flexibility index (Phi) is 4.59. The quantitative estimate of drug-likeness (QED) is 0.547. The van der Waals surface area contributed by atoms with Crippen LogP contribution in [-0.2, 0) is 24.2 Å². The number of carbonyl (C=O) groups excluding carboxylic acids is 1. The molecule has 0 radical (unpaired) electrons. The molecular formula is C22H18FN5O2. The van der Waals surface area contributed by atoms with Crippen molar-refractivity contribution in [2.75, 3.05) is 5.32 Å². The summed E-state index contributed by atoms with van der Waals surface area (Å²) in [6.07, 6.45) is 6.57. The summed E-state index contributed by atoms with van der Waals surface area (Å²) in [5.41, 5.74) is 4.59. The Hall–Kier alpha value is -3.81. The lowest BCUT2D eigenvalue weighted by Crippen LogP contribution is -2.18. The monoisotopic (exact) mass is 403 g/mol. The minimum atomic E-state index is -0.338. The van der Waals surface area contributed by atoms with Crippen molar-refractivity contribution in [3.63, 3.8) is 0 Å². The lowest BCUT2D eigenvalue weighted by Gasteiger charge is -2.07. The molecule has 0 saturated carbocycles. The molecule has 0 unspecified atom stereocenters. The van der Waals surface area contributed by atoms with Crippen molar-refractivity contribution in [1.29, 1.82) is 0 Å². The van der Waals surface area contributed by atoms with Gasteiger partial charge >= 0.3 is 0 Å². The third kappa shape index (κ3) is 3.71. The number of hydrogen-bond donors (Lipinski definition) is 1. The molecule has 5 rings (SSSR count). The molecule has 7 nitrogen and oxygen atoms in total. The van der Waals surface area contributed by atoms with Gasteiger partial charge < -0.3 is 14.4 Å². The first kappa shape index (κ1) is 18.2. The fraction of sp³-hybridized carbons (Fsp3) is 0.182. The number of benzene rings is 2. The molecule has 2 heterocycles. The van der Waals surface area contributed by atoms with Gasteiger partial charge in [-0.1, -0.05) is 11.2 Å². The summed E-state index contributed by atoms with van der Waals surface area (Å²) >= 11 is 0. The van der Waals surface area contributed by atoms with Crippen LogP contribution in [-0.4, -0.2) is 25.6 Å². The number of aromatic nitrogens is 4. The first-order chi connectivity index (χ1) is 14.6. The van der Waals surface area contributed by atoms with Crippen molar-refractivity contribution in [3.05, 3.63) is 71.9 Å². The van der Waals surface area contributed by atoms with Crippen molar-refractivity contribution >= 4 is 11.6 Å². The predicted molar refractivity (Wildman–Crippen MR) is 108 cm³/mol. The Balaban J connectivity index is 1.25. The number of rotatable bonds is 5. The molecule has 150 valence electrons. The first-order valence-electron chi connectivity index (χ1n) is 9.67. The van der Waals surface area contributed by atoms with Crippen LogP contribution in [0, 0.1) is 5.82 Å². The Morgan fingerprint density at radius 1 is 1.13 bits per heavy atom.